The van der Waals surface area contributed by atoms with Gasteiger partial charge < -0.3 is 4.98 Å². The monoisotopic (exact) mass is 293 g/mol. The highest BCUT2D eigenvalue weighted by Crippen LogP contribution is 2.18. The van der Waals surface area contributed by atoms with Gasteiger partial charge in [-0.05, 0) is 55.9 Å². The van der Waals surface area contributed by atoms with Gasteiger partial charge in [-0.3, -0.25) is 9.59 Å². The number of aromatic nitrogens is 1. The number of fused-ring (bicyclic) bond motifs is 1. The number of rotatable bonds is 3. The van der Waals surface area contributed by atoms with Crippen LogP contribution in [0.2, 0.25) is 0 Å². The SMILES string of the molecule is Cc1ccc(C=CC(=O)c2cc3c([nH]c2=O)CCCC3)cc1. The molecule has 1 aromatic heterocycles. The van der Waals surface area contributed by atoms with Gasteiger partial charge in [0.05, 0.1) is 5.56 Å². The van der Waals surface area contributed by atoms with Gasteiger partial charge >= 0.3 is 0 Å². The van der Waals surface area contributed by atoms with Gasteiger partial charge in [-0.15, -0.1) is 0 Å². The third kappa shape index (κ3) is 3.08. The van der Waals surface area contributed by atoms with Crippen LogP contribution in [0, 0.1) is 6.92 Å². The number of allylic oxidation sites excluding steroid dienone is 1. The normalized spacial score (nSPS) is 14.0. The number of benzene rings is 1. The Morgan fingerprint density at radius 2 is 1.86 bits per heavy atom. The van der Waals surface area contributed by atoms with Gasteiger partial charge in [-0.25, -0.2) is 0 Å². The van der Waals surface area contributed by atoms with E-state index < -0.39 is 0 Å². The number of hydrogen-bond acceptors (Lipinski definition) is 2. The lowest BCUT2D eigenvalue weighted by Gasteiger charge is -2.15. The summed E-state index contributed by atoms with van der Waals surface area (Å²) in [4.78, 5) is 27.2. The first-order valence-electron chi connectivity index (χ1n) is 7.67. The summed E-state index contributed by atoms with van der Waals surface area (Å²) in [6, 6.07) is 9.67. The fourth-order valence-corrected chi connectivity index (χ4v) is 2.80. The first-order chi connectivity index (χ1) is 10.6. The van der Waals surface area contributed by atoms with Crippen LogP contribution in [0.15, 0.2) is 41.2 Å². The van der Waals surface area contributed by atoms with Crippen molar-refractivity contribution in [1.82, 2.24) is 4.98 Å². The number of aryl methyl sites for hydroxylation is 3. The Labute approximate surface area is 129 Å². The molecule has 112 valence electrons. The van der Waals surface area contributed by atoms with Gasteiger partial charge in [0, 0.05) is 5.69 Å². The van der Waals surface area contributed by atoms with Crippen LogP contribution in [0.25, 0.3) is 6.08 Å². The van der Waals surface area contributed by atoms with Crippen molar-refractivity contribution in [3.8, 4) is 0 Å². The minimum absolute atomic E-state index is 0.240. The van der Waals surface area contributed by atoms with Crippen LogP contribution >= 0.6 is 0 Å². The topological polar surface area (TPSA) is 49.9 Å². The standard InChI is InChI=1S/C19H19NO2/c1-13-6-8-14(9-7-13)10-11-18(21)16-12-15-4-2-3-5-17(15)20-19(16)22/h6-12H,2-5H2,1H3,(H,20,22). The molecule has 0 fully saturated rings. The summed E-state index contributed by atoms with van der Waals surface area (Å²) < 4.78 is 0. The van der Waals surface area contributed by atoms with E-state index in [0.29, 0.717) is 0 Å². The fourth-order valence-electron chi connectivity index (χ4n) is 2.80. The van der Waals surface area contributed by atoms with Crippen LogP contribution < -0.4 is 5.56 Å². The van der Waals surface area contributed by atoms with Gasteiger partial charge in [-0.2, -0.15) is 0 Å². The average Bonchev–Trinajstić information content (AvgIpc) is 2.53. The molecule has 0 unspecified atom stereocenters. The van der Waals surface area contributed by atoms with Gasteiger partial charge in [0.15, 0.2) is 5.78 Å². The van der Waals surface area contributed by atoms with Crippen molar-refractivity contribution in [2.75, 3.05) is 0 Å². The molecule has 3 rings (SSSR count). The molecule has 0 saturated carbocycles. The Balaban J connectivity index is 1.86. The smallest absolute Gasteiger partial charge is 0.259 e. The Morgan fingerprint density at radius 1 is 1.14 bits per heavy atom. The zero-order chi connectivity index (χ0) is 15.5. The summed E-state index contributed by atoms with van der Waals surface area (Å²) in [6.07, 6.45) is 7.28. The number of carbonyl (C=O) groups excluding carboxylic acids is 1. The van der Waals surface area contributed by atoms with Crippen molar-refractivity contribution in [2.45, 2.75) is 32.6 Å². The third-order valence-electron chi connectivity index (χ3n) is 4.11. The van der Waals surface area contributed by atoms with Crippen LogP contribution in [0.1, 0.15) is 45.6 Å². The number of nitrogens with one attached hydrogen (secondary N) is 1. The second kappa shape index (κ2) is 6.14. The molecule has 0 spiro atoms. The molecule has 3 heteroatoms. The van der Waals surface area contributed by atoms with Crippen LogP contribution in [0.3, 0.4) is 0 Å². The molecule has 0 atom stereocenters. The van der Waals surface area contributed by atoms with E-state index in [9.17, 15) is 9.59 Å². The number of carbonyl (C=O) groups is 1. The predicted molar refractivity (Wildman–Crippen MR) is 88.2 cm³/mol. The molecule has 0 saturated heterocycles. The number of pyridine rings is 1. The van der Waals surface area contributed by atoms with Gasteiger partial charge in [0.1, 0.15) is 0 Å². The Morgan fingerprint density at radius 3 is 2.64 bits per heavy atom. The molecule has 1 aliphatic carbocycles. The van der Waals surface area contributed by atoms with Crippen LogP contribution in [-0.2, 0) is 12.8 Å². The molecule has 0 amide bonds. The second-order valence-electron chi connectivity index (χ2n) is 5.83. The molecule has 3 nitrogen and oxygen atoms in total. The van der Waals surface area contributed by atoms with Crippen molar-refractivity contribution < 1.29 is 4.79 Å². The lowest BCUT2D eigenvalue weighted by Crippen LogP contribution is -2.21. The summed E-state index contributed by atoms with van der Waals surface area (Å²) in [6.45, 7) is 2.02. The van der Waals surface area contributed by atoms with E-state index in [4.69, 9.17) is 0 Å². The van der Waals surface area contributed by atoms with Crippen LogP contribution in [0.5, 0.6) is 0 Å². The number of hydrogen-bond donors (Lipinski definition) is 1. The zero-order valence-corrected chi connectivity index (χ0v) is 12.7. The summed E-state index contributed by atoms with van der Waals surface area (Å²) in [5.74, 6) is -0.241. The molecule has 1 N–H and O–H groups in total. The fraction of sp³-hybridized carbons (Fsp3) is 0.263. The maximum Gasteiger partial charge on any atom is 0.259 e. The molecule has 2 aromatic rings. The van der Waals surface area contributed by atoms with Gasteiger partial charge in [0.2, 0.25) is 0 Å². The predicted octanol–water partition coefficient (Wildman–Crippen LogP) is 3.46. The first kappa shape index (κ1) is 14.5. The van der Waals surface area contributed by atoms with E-state index in [0.717, 1.165) is 42.5 Å². The van der Waals surface area contributed by atoms with Crippen molar-refractivity contribution in [2.24, 2.45) is 0 Å². The van der Waals surface area contributed by atoms with Crippen molar-refractivity contribution in [3.05, 3.63) is 74.7 Å². The molecule has 1 aromatic carbocycles. The maximum absolute atomic E-state index is 12.3. The Hall–Kier alpha value is -2.42. The summed E-state index contributed by atoms with van der Waals surface area (Å²) in [5, 5.41) is 0. The van der Waals surface area contributed by atoms with E-state index in [1.165, 1.54) is 11.6 Å². The molecule has 0 radical (unpaired) electrons. The largest absolute Gasteiger partial charge is 0.325 e. The number of ketones is 1. The van der Waals surface area contributed by atoms with Crippen molar-refractivity contribution >= 4 is 11.9 Å². The van der Waals surface area contributed by atoms with E-state index in [-0.39, 0.29) is 16.9 Å². The van der Waals surface area contributed by atoms with E-state index in [1.54, 1.807) is 12.1 Å². The van der Waals surface area contributed by atoms with Gasteiger partial charge in [-0.1, -0.05) is 35.9 Å². The molecule has 1 heterocycles. The molecular formula is C19H19NO2. The quantitative estimate of drug-likeness (QED) is 0.696. The second-order valence-corrected chi connectivity index (χ2v) is 5.83. The van der Waals surface area contributed by atoms with Crippen molar-refractivity contribution in [1.29, 1.82) is 0 Å². The molecule has 22 heavy (non-hydrogen) atoms. The summed E-state index contributed by atoms with van der Waals surface area (Å²) in [7, 11) is 0. The third-order valence-corrected chi connectivity index (χ3v) is 4.11. The lowest BCUT2D eigenvalue weighted by molar-refractivity contribution is 0.104. The van der Waals surface area contributed by atoms with Gasteiger partial charge in [0.25, 0.3) is 5.56 Å². The van der Waals surface area contributed by atoms with Crippen LogP contribution in [0.4, 0.5) is 0 Å². The van der Waals surface area contributed by atoms with E-state index in [2.05, 4.69) is 4.98 Å². The Bertz CT molecular complexity index is 782. The number of aromatic amines is 1. The number of H-pyrrole nitrogens is 1. The highest BCUT2D eigenvalue weighted by Gasteiger charge is 2.15. The molecule has 0 aliphatic heterocycles. The maximum atomic E-state index is 12.3. The zero-order valence-electron chi connectivity index (χ0n) is 12.7. The first-order valence-corrected chi connectivity index (χ1v) is 7.67. The van der Waals surface area contributed by atoms with Crippen LogP contribution in [-0.4, -0.2) is 10.8 Å². The highest BCUT2D eigenvalue weighted by molar-refractivity contribution is 6.06. The molecule has 1 aliphatic rings. The summed E-state index contributed by atoms with van der Waals surface area (Å²) >= 11 is 0. The van der Waals surface area contributed by atoms with Crippen molar-refractivity contribution in [3.63, 3.8) is 0 Å². The average molecular weight is 293 g/mol. The van der Waals surface area contributed by atoms with E-state index in [1.807, 2.05) is 31.2 Å². The minimum atomic E-state index is -0.279. The van der Waals surface area contributed by atoms with E-state index >= 15 is 0 Å². The molecular weight excluding hydrogens is 274 g/mol. The highest BCUT2D eigenvalue weighted by atomic mass is 16.1. The Kier molecular flexibility index (Phi) is 4.05. The minimum Gasteiger partial charge on any atom is -0.325 e. The molecule has 0 bridgehead atoms. The lowest BCUT2D eigenvalue weighted by atomic mass is 9.94. The summed E-state index contributed by atoms with van der Waals surface area (Å²) in [5.41, 5.74) is 4.19.